The van der Waals surface area contributed by atoms with Gasteiger partial charge in [0, 0.05) is 5.69 Å². The Morgan fingerprint density at radius 2 is 1.74 bits per heavy atom. The number of carbonyl (C=O) groups is 1. The molecule has 2 aromatic heterocycles. The van der Waals surface area contributed by atoms with Crippen molar-refractivity contribution in [3.63, 3.8) is 0 Å². The molecule has 0 N–H and O–H groups in total. The average Bonchev–Trinajstić information content (AvgIpc) is 2.90. The SMILES string of the molecule is CCCc1cc(C(=O)C(F)(F)F)nc2c(-c3c(C)cccc3C)c(C)nn12. The lowest BCUT2D eigenvalue weighted by atomic mass is 9.96. The van der Waals surface area contributed by atoms with Crippen molar-refractivity contribution < 1.29 is 18.0 Å². The van der Waals surface area contributed by atoms with Crippen molar-refractivity contribution >= 4 is 11.4 Å². The Kier molecular flexibility index (Phi) is 4.80. The maximum absolute atomic E-state index is 13.0. The molecule has 0 amide bonds. The Balaban J connectivity index is 2.38. The third kappa shape index (κ3) is 3.34. The zero-order valence-electron chi connectivity index (χ0n) is 15.6. The molecule has 142 valence electrons. The molecule has 1 aromatic carbocycles. The molecule has 0 saturated heterocycles. The number of carbonyl (C=O) groups excluding carboxylic acids is 1. The molecule has 27 heavy (non-hydrogen) atoms. The number of nitrogens with zero attached hydrogens (tertiary/aromatic N) is 3. The van der Waals surface area contributed by atoms with Gasteiger partial charge in [0.15, 0.2) is 5.65 Å². The van der Waals surface area contributed by atoms with E-state index < -0.39 is 17.7 Å². The summed E-state index contributed by atoms with van der Waals surface area (Å²) in [5.74, 6) is -1.94. The maximum Gasteiger partial charge on any atom is 0.456 e. The van der Waals surface area contributed by atoms with Crippen LogP contribution in [0.1, 0.15) is 46.3 Å². The number of rotatable bonds is 4. The van der Waals surface area contributed by atoms with Crippen LogP contribution in [0.25, 0.3) is 16.8 Å². The molecule has 2 heterocycles. The molecule has 0 atom stereocenters. The second-order valence-corrected chi connectivity index (χ2v) is 6.67. The third-order valence-electron chi connectivity index (χ3n) is 4.57. The summed E-state index contributed by atoms with van der Waals surface area (Å²) >= 11 is 0. The smallest absolute Gasteiger partial charge is 0.282 e. The topological polar surface area (TPSA) is 47.3 Å². The largest absolute Gasteiger partial charge is 0.456 e. The van der Waals surface area contributed by atoms with E-state index in [2.05, 4.69) is 10.1 Å². The van der Waals surface area contributed by atoms with Gasteiger partial charge in [0.2, 0.25) is 0 Å². The molecule has 0 fully saturated rings. The molecule has 0 unspecified atom stereocenters. The first-order chi connectivity index (χ1) is 12.6. The first kappa shape index (κ1) is 19.1. The molecule has 7 heteroatoms. The van der Waals surface area contributed by atoms with Gasteiger partial charge in [-0.25, -0.2) is 9.50 Å². The third-order valence-corrected chi connectivity index (χ3v) is 4.57. The van der Waals surface area contributed by atoms with Crippen molar-refractivity contribution in [2.24, 2.45) is 0 Å². The molecule has 4 nitrogen and oxygen atoms in total. The summed E-state index contributed by atoms with van der Waals surface area (Å²) in [6, 6.07) is 6.99. The monoisotopic (exact) mass is 375 g/mol. The summed E-state index contributed by atoms with van der Waals surface area (Å²) in [6.07, 6.45) is -3.77. The zero-order chi connectivity index (χ0) is 19.9. The van der Waals surface area contributed by atoms with E-state index in [1.165, 1.54) is 6.07 Å². The summed E-state index contributed by atoms with van der Waals surface area (Å²) in [7, 11) is 0. The van der Waals surface area contributed by atoms with E-state index in [0.29, 0.717) is 29.8 Å². The Morgan fingerprint density at radius 3 is 2.30 bits per heavy atom. The van der Waals surface area contributed by atoms with Crippen molar-refractivity contribution in [1.82, 2.24) is 14.6 Å². The lowest BCUT2D eigenvalue weighted by Crippen LogP contribution is -2.24. The highest BCUT2D eigenvalue weighted by atomic mass is 19.4. The van der Waals surface area contributed by atoms with Crippen LogP contribution in [0.2, 0.25) is 0 Å². The number of fused-ring (bicyclic) bond motifs is 1. The highest BCUT2D eigenvalue weighted by Crippen LogP contribution is 2.34. The minimum atomic E-state index is -4.97. The molecule has 0 aliphatic carbocycles. The first-order valence-electron chi connectivity index (χ1n) is 8.72. The summed E-state index contributed by atoms with van der Waals surface area (Å²) in [6.45, 7) is 7.59. The van der Waals surface area contributed by atoms with E-state index in [-0.39, 0.29) is 5.65 Å². The number of Topliss-reactive ketones (excluding diaryl/α,β-unsaturated/α-hetero) is 1. The maximum atomic E-state index is 13.0. The van der Waals surface area contributed by atoms with Crippen molar-refractivity contribution in [3.8, 4) is 11.1 Å². The van der Waals surface area contributed by atoms with Crippen molar-refractivity contribution in [1.29, 1.82) is 0 Å². The normalized spacial score (nSPS) is 12.0. The molecule has 0 aliphatic heterocycles. The Bertz CT molecular complexity index is 1010. The van der Waals surface area contributed by atoms with Crippen molar-refractivity contribution in [2.45, 2.75) is 46.7 Å². The van der Waals surface area contributed by atoms with Crippen LogP contribution in [-0.2, 0) is 6.42 Å². The number of alkyl halides is 3. The number of aryl methyl sites for hydroxylation is 4. The van der Waals surface area contributed by atoms with Gasteiger partial charge in [0.05, 0.1) is 11.3 Å². The second-order valence-electron chi connectivity index (χ2n) is 6.67. The number of ketones is 1. The van der Waals surface area contributed by atoms with Gasteiger partial charge in [-0.3, -0.25) is 4.79 Å². The second kappa shape index (κ2) is 6.79. The highest BCUT2D eigenvalue weighted by Gasteiger charge is 2.41. The van der Waals surface area contributed by atoms with E-state index >= 15 is 0 Å². The zero-order valence-corrected chi connectivity index (χ0v) is 15.6. The van der Waals surface area contributed by atoms with E-state index in [1.54, 1.807) is 11.4 Å². The van der Waals surface area contributed by atoms with Gasteiger partial charge in [-0.15, -0.1) is 0 Å². The van der Waals surface area contributed by atoms with E-state index in [9.17, 15) is 18.0 Å². The number of aromatic nitrogens is 3. The van der Waals surface area contributed by atoms with Crippen LogP contribution in [0, 0.1) is 20.8 Å². The Labute approximate surface area is 155 Å². The van der Waals surface area contributed by atoms with Gasteiger partial charge in [0.1, 0.15) is 5.69 Å². The van der Waals surface area contributed by atoms with Crippen LogP contribution in [0.5, 0.6) is 0 Å². The van der Waals surface area contributed by atoms with Crippen LogP contribution in [0.15, 0.2) is 24.3 Å². The fourth-order valence-corrected chi connectivity index (χ4v) is 3.38. The molecular formula is C20H20F3N3O. The summed E-state index contributed by atoms with van der Waals surface area (Å²) in [5, 5.41) is 4.51. The molecule has 0 radical (unpaired) electrons. The minimum absolute atomic E-state index is 0.281. The van der Waals surface area contributed by atoms with E-state index in [4.69, 9.17) is 0 Å². The lowest BCUT2D eigenvalue weighted by Gasteiger charge is -2.11. The number of benzene rings is 1. The molecular weight excluding hydrogens is 355 g/mol. The molecule has 3 rings (SSSR count). The number of halogens is 3. The first-order valence-corrected chi connectivity index (χ1v) is 8.72. The van der Waals surface area contributed by atoms with Crippen LogP contribution in [0.3, 0.4) is 0 Å². The van der Waals surface area contributed by atoms with E-state index in [1.807, 2.05) is 39.0 Å². The Hall–Kier alpha value is -2.70. The highest BCUT2D eigenvalue weighted by molar-refractivity contribution is 5.99. The van der Waals surface area contributed by atoms with Crippen LogP contribution in [-0.4, -0.2) is 26.6 Å². The van der Waals surface area contributed by atoms with Crippen LogP contribution in [0.4, 0.5) is 13.2 Å². The predicted octanol–water partition coefficient (Wildman–Crippen LogP) is 5.02. The van der Waals surface area contributed by atoms with Crippen molar-refractivity contribution in [3.05, 3.63) is 52.5 Å². The van der Waals surface area contributed by atoms with Crippen LogP contribution >= 0.6 is 0 Å². The van der Waals surface area contributed by atoms with Gasteiger partial charge in [-0.1, -0.05) is 31.5 Å². The molecule has 0 saturated carbocycles. The van der Waals surface area contributed by atoms with Crippen LogP contribution < -0.4 is 0 Å². The van der Waals surface area contributed by atoms with Gasteiger partial charge in [-0.05, 0) is 49.9 Å². The number of hydrogen-bond acceptors (Lipinski definition) is 3. The Morgan fingerprint density at radius 1 is 1.11 bits per heavy atom. The summed E-state index contributed by atoms with van der Waals surface area (Å²) < 4.78 is 40.6. The summed E-state index contributed by atoms with van der Waals surface area (Å²) in [4.78, 5) is 15.9. The molecule has 0 spiro atoms. The van der Waals surface area contributed by atoms with Gasteiger partial charge >= 0.3 is 6.18 Å². The quantitative estimate of drug-likeness (QED) is 0.602. The van der Waals surface area contributed by atoms with Crippen molar-refractivity contribution in [2.75, 3.05) is 0 Å². The minimum Gasteiger partial charge on any atom is -0.282 e. The predicted molar refractivity (Wildman–Crippen MR) is 97.0 cm³/mol. The fraction of sp³-hybridized carbons (Fsp3) is 0.350. The molecule has 3 aromatic rings. The number of hydrogen-bond donors (Lipinski definition) is 0. The van der Waals surface area contributed by atoms with Gasteiger partial charge in [0.25, 0.3) is 5.78 Å². The van der Waals surface area contributed by atoms with Gasteiger partial charge < -0.3 is 0 Å². The summed E-state index contributed by atoms with van der Waals surface area (Å²) in [5.41, 5.74) is 4.38. The van der Waals surface area contributed by atoms with Gasteiger partial charge in [-0.2, -0.15) is 18.3 Å². The fourth-order valence-electron chi connectivity index (χ4n) is 3.38. The van der Waals surface area contributed by atoms with E-state index in [0.717, 1.165) is 16.7 Å². The molecule has 0 bridgehead atoms. The average molecular weight is 375 g/mol. The molecule has 0 aliphatic rings. The lowest BCUT2D eigenvalue weighted by molar-refractivity contribution is -0.0888. The standard InChI is InChI=1S/C20H20F3N3O/c1-5-7-14-10-15(18(27)20(21,22)23)24-19-17(13(4)25-26(14)19)16-11(2)8-6-9-12(16)3/h6,8-10H,5,7H2,1-4H3.